The van der Waals surface area contributed by atoms with Crippen LogP contribution in [-0.2, 0) is 9.84 Å². The fraction of sp³-hybridized carbons (Fsp3) is 0.400. The van der Waals surface area contributed by atoms with Gasteiger partial charge in [0.25, 0.3) is 0 Å². The summed E-state index contributed by atoms with van der Waals surface area (Å²) in [6.07, 6.45) is 1.22. The van der Waals surface area contributed by atoms with E-state index in [-0.39, 0.29) is 11.8 Å². The smallest absolute Gasteiger partial charge is 0.149 e. The Morgan fingerprint density at radius 2 is 2.00 bits per heavy atom. The highest BCUT2D eigenvalue weighted by Crippen LogP contribution is 2.23. The third kappa shape index (κ3) is 3.81. The van der Waals surface area contributed by atoms with Gasteiger partial charge in [-0.2, -0.15) is 0 Å². The van der Waals surface area contributed by atoms with Crippen molar-refractivity contribution in [2.24, 2.45) is 0 Å². The van der Waals surface area contributed by atoms with Crippen molar-refractivity contribution in [3.63, 3.8) is 0 Å². The van der Waals surface area contributed by atoms with Crippen molar-refractivity contribution in [3.05, 3.63) is 34.9 Å². The van der Waals surface area contributed by atoms with Crippen molar-refractivity contribution in [1.82, 2.24) is 5.32 Å². The van der Waals surface area contributed by atoms with Gasteiger partial charge in [0.1, 0.15) is 9.84 Å². The lowest BCUT2D eigenvalue weighted by molar-refractivity contribution is 0.579. The molecule has 3 nitrogen and oxygen atoms in total. The molecule has 5 heteroatoms. The van der Waals surface area contributed by atoms with Crippen LogP contribution in [0.1, 0.15) is 11.6 Å². The lowest BCUT2D eigenvalue weighted by atomic mass is 10.1. The highest BCUT2D eigenvalue weighted by molar-refractivity contribution is 7.90. The zero-order valence-electron chi connectivity index (χ0n) is 8.70. The molecule has 1 aromatic carbocycles. The van der Waals surface area contributed by atoms with Crippen LogP contribution < -0.4 is 5.32 Å². The molecule has 1 aromatic rings. The summed E-state index contributed by atoms with van der Waals surface area (Å²) >= 11 is 5.99. The van der Waals surface area contributed by atoms with E-state index in [4.69, 9.17) is 11.6 Å². The minimum absolute atomic E-state index is 0.0488. The Morgan fingerprint density at radius 1 is 1.40 bits per heavy atom. The molecule has 0 aromatic heterocycles. The van der Waals surface area contributed by atoms with Crippen LogP contribution in [0.3, 0.4) is 0 Å². The van der Waals surface area contributed by atoms with Gasteiger partial charge in [0.15, 0.2) is 0 Å². The number of sulfone groups is 1. The van der Waals surface area contributed by atoms with E-state index in [9.17, 15) is 8.42 Å². The van der Waals surface area contributed by atoms with Crippen LogP contribution in [0.5, 0.6) is 0 Å². The van der Waals surface area contributed by atoms with Crippen molar-refractivity contribution in [1.29, 1.82) is 0 Å². The molecule has 0 aliphatic heterocycles. The van der Waals surface area contributed by atoms with Crippen LogP contribution in [0, 0.1) is 0 Å². The first-order chi connectivity index (χ1) is 6.94. The van der Waals surface area contributed by atoms with Gasteiger partial charge in [-0.25, -0.2) is 8.42 Å². The maximum Gasteiger partial charge on any atom is 0.149 e. The molecule has 15 heavy (non-hydrogen) atoms. The summed E-state index contributed by atoms with van der Waals surface area (Å²) in [5, 5.41) is 3.54. The minimum atomic E-state index is -3.02. The molecule has 0 spiro atoms. The van der Waals surface area contributed by atoms with Crippen molar-refractivity contribution >= 4 is 21.4 Å². The molecular formula is C10H14ClNO2S. The van der Waals surface area contributed by atoms with E-state index in [1.807, 2.05) is 18.2 Å². The summed E-state index contributed by atoms with van der Waals surface area (Å²) in [7, 11) is -1.30. The van der Waals surface area contributed by atoms with E-state index in [0.29, 0.717) is 5.02 Å². The summed E-state index contributed by atoms with van der Waals surface area (Å²) < 4.78 is 22.4. The fourth-order valence-electron chi connectivity index (χ4n) is 1.39. The standard InChI is InChI=1S/C10H14ClNO2S/c1-12-10(7-15(2,13)14)8-5-3-4-6-9(8)11/h3-6,10,12H,7H2,1-2H3. The van der Waals surface area contributed by atoms with Crippen molar-refractivity contribution in [3.8, 4) is 0 Å². The maximum atomic E-state index is 11.2. The predicted molar refractivity (Wildman–Crippen MR) is 63.0 cm³/mol. The summed E-state index contributed by atoms with van der Waals surface area (Å²) in [4.78, 5) is 0. The minimum Gasteiger partial charge on any atom is -0.312 e. The van der Waals surface area contributed by atoms with Crippen LogP contribution in [0.4, 0.5) is 0 Å². The number of benzene rings is 1. The molecule has 0 fully saturated rings. The largest absolute Gasteiger partial charge is 0.312 e. The third-order valence-electron chi connectivity index (χ3n) is 2.10. The molecule has 0 saturated carbocycles. The van der Waals surface area contributed by atoms with Crippen LogP contribution >= 0.6 is 11.6 Å². The van der Waals surface area contributed by atoms with Gasteiger partial charge in [0.2, 0.25) is 0 Å². The quantitative estimate of drug-likeness (QED) is 0.880. The van der Waals surface area contributed by atoms with Gasteiger partial charge >= 0.3 is 0 Å². The second-order valence-corrected chi connectivity index (χ2v) is 6.05. The zero-order valence-corrected chi connectivity index (χ0v) is 10.3. The first-order valence-electron chi connectivity index (χ1n) is 4.53. The second kappa shape index (κ2) is 4.96. The van der Waals surface area contributed by atoms with Crippen LogP contribution in [0.2, 0.25) is 5.02 Å². The topological polar surface area (TPSA) is 46.2 Å². The van der Waals surface area contributed by atoms with E-state index >= 15 is 0 Å². The molecule has 0 amide bonds. The molecule has 1 N–H and O–H groups in total. The number of halogens is 1. The molecular weight excluding hydrogens is 234 g/mol. The average Bonchev–Trinajstić information content (AvgIpc) is 2.14. The SMILES string of the molecule is CNC(CS(C)(=O)=O)c1ccccc1Cl. The summed E-state index contributed by atoms with van der Waals surface area (Å²) in [6, 6.07) is 6.99. The van der Waals surface area contributed by atoms with E-state index in [2.05, 4.69) is 5.32 Å². The summed E-state index contributed by atoms with van der Waals surface area (Å²) in [5.74, 6) is 0.0488. The highest BCUT2D eigenvalue weighted by Gasteiger charge is 2.17. The second-order valence-electron chi connectivity index (χ2n) is 3.46. The van der Waals surface area contributed by atoms with Crippen LogP contribution in [0.15, 0.2) is 24.3 Å². The Bertz CT molecular complexity index is 431. The van der Waals surface area contributed by atoms with E-state index in [1.54, 1.807) is 13.1 Å². The number of nitrogens with one attached hydrogen (secondary N) is 1. The molecule has 1 rings (SSSR count). The summed E-state index contributed by atoms with van der Waals surface area (Å²) in [5.41, 5.74) is 0.812. The van der Waals surface area contributed by atoms with Gasteiger partial charge in [-0.3, -0.25) is 0 Å². The number of rotatable bonds is 4. The molecule has 0 aliphatic carbocycles. The summed E-state index contributed by atoms with van der Waals surface area (Å²) in [6.45, 7) is 0. The van der Waals surface area contributed by atoms with E-state index in [0.717, 1.165) is 5.56 Å². The van der Waals surface area contributed by atoms with Crippen molar-refractivity contribution in [2.75, 3.05) is 19.1 Å². The highest BCUT2D eigenvalue weighted by atomic mass is 35.5. The molecule has 1 unspecified atom stereocenters. The van der Waals surface area contributed by atoms with Gasteiger partial charge in [0.05, 0.1) is 5.75 Å². The molecule has 0 radical (unpaired) electrons. The first kappa shape index (κ1) is 12.5. The van der Waals surface area contributed by atoms with Crippen LogP contribution in [-0.4, -0.2) is 27.5 Å². The molecule has 0 aliphatic rings. The van der Waals surface area contributed by atoms with Gasteiger partial charge in [-0.1, -0.05) is 29.8 Å². The van der Waals surface area contributed by atoms with Gasteiger partial charge in [-0.05, 0) is 18.7 Å². The van der Waals surface area contributed by atoms with E-state index in [1.165, 1.54) is 6.26 Å². The zero-order chi connectivity index (χ0) is 11.5. The Hall–Kier alpha value is -0.580. The molecule has 1 atom stereocenters. The van der Waals surface area contributed by atoms with Gasteiger partial charge in [-0.15, -0.1) is 0 Å². The Labute approximate surface area is 95.4 Å². The fourth-order valence-corrected chi connectivity index (χ4v) is 2.61. The predicted octanol–water partition coefficient (Wildman–Crippen LogP) is 1.65. The monoisotopic (exact) mass is 247 g/mol. The number of hydrogen-bond acceptors (Lipinski definition) is 3. The van der Waals surface area contributed by atoms with Gasteiger partial charge < -0.3 is 5.32 Å². The molecule has 0 bridgehead atoms. The maximum absolute atomic E-state index is 11.2. The first-order valence-corrected chi connectivity index (χ1v) is 6.97. The Kier molecular flexibility index (Phi) is 4.13. The lowest BCUT2D eigenvalue weighted by Gasteiger charge is -2.16. The van der Waals surface area contributed by atoms with E-state index < -0.39 is 9.84 Å². The van der Waals surface area contributed by atoms with Crippen LogP contribution in [0.25, 0.3) is 0 Å². The molecule has 0 heterocycles. The Balaban J connectivity index is 2.98. The Morgan fingerprint density at radius 3 is 2.47 bits per heavy atom. The molecule has 84 valence electrons. The normalized spacial score (nSPS) is 13.8. The average molecular weight is 248 g/mol. The number of hydrogen-bond donors (Lipinski definition) is 1. The van der Waals surface area contributed by atoms with Crippen molar-refractivity contribution in [2.45, 2.75) is 6.04 Å². The van der Waals surface area contributed by atoms with Gasteiger partial charge in [0, 0.05) is 17.3 Å². The lowest BCUT2D eigenvalue weighted by Crippen LogP contribution is -2.24. The third-order valence-corrected chi connectivity index (χ3v) is 3.38. The van der Waals surface area contributed by atoms with Crippen molar-refractivity contribution < 1.29 is 8.42 Å². The molecule has 0 saturated heterocycles.